The molecule has 1 fully saturated rings. The van der Waals surface area contributed by atoms with Crippen molar-refractivity contribution in [3.05, 3.63) is 18.2 Å². The van der Waals surface area contributed by atoms with Crippen LogP contribution in [-0.2, 0) is 10.0 Å². The van der Waals surface area contributed by atoms with Crippen LogP contribution in [0, 0.1) is 0 Å². The third-order valence-corrected chi connectivity index (χ3v) is 5.34. The predicted octanol–water partition coefficient (Wildman–Crippen LogP) is 0.440. The minimum atomic E-state index is -3.47. The standard InChI is InChI=1S/C13H18N2O4S/c1-10-9-15(5-4-14-10)20(16,17)11-2-3-12-13(8-11)19-7-6-18-12/h2-3,8,10,14H,4-7,9H2,1H3. The molecule has 0 bridgehead atoms. The summed E-state index contributed by atoms with van der Waals surface area (Å²) in [5.41, 5.74) is 0. The Balaban J connectivity index is 1.90. The minimum Gasteiger partial charge on any atom is -0.486 e. The van der Waals surface area contributed by atoms with Crippen LogP contribution in [0.4, 0.5) is 0 Å². The smallest absolute Gasteiger partial charge is 0.243 e. The number of sulfonamides is 1. The number of hydrogen-bond donors (Lipinski definition) is 1. The number of hydrogen-bond acceptors (Lipinski definition) is 5. The fourth-order valence-corrected chi connectivity index (χ4v) is 3.99. The van der Waals surface area contributed by atoms with E-state index >= 15 is 0 Å². The van der Waals surface area contributed by atoms with Crippen LogP contribution >= 0.6 is 0 Å². The molecule has 1 N–H and O–H groups in total. The van der Waals surface area contributed by atoms with Crippen LogP contribution in [-0.4, -0.2) is 51.6 Å². The lowest BCUT2D eigenvalue weighted by Crippen LogP contribution is -2.51. The third-order valence-electron chi connectivity index (χ3n) is 3.48. The Morgan fingerprint density at radius 3 is 2.75 bits per heavy atom. The van der Waals surface area contributed by atoms with Crippen molar-refractivity contribution in [2.75, 3.05) is 32.8 Å². The first-order valence-electron chi connectivity index (χ1n) is 6.70. The predicted molar refractivity (Wildman–Crippen MR) is 73.7 cm³/mol. The number of fused-ring (bicyclic) bond motifs is 1. The zero-order valence-corrected chi connectivity index (χ0v) is 12.1. The molecule has 110 valence electrons. The molecule has 6 nitrogen and oxygen atoms in total. The lowest BCUT2D eigenvalue weighted by molar-refractivity contribution is 0.171. The van der Waals surface area contributed by atoms with Crippen molar-refractivity contribution >= 4 is 10.0 Å². The lowest BCUT2D eigenvalue weighted by atomic mass is 10.3. The quantitative estimate of drug-likeness (QED) is 0.858. The molecule has 1 aromatic rings. The topological polar surface area (TPSA) is 67.9 Å². The van der Waals surface area contributed by atoms with Gasteiger partial charge in [0.05, 0.1) is 4.90 Å². The first-order valence-corrected chi connectivity index (χ1v) is 8.14. The van der Waals surface area contributed by atoms with Gasteiger partial charge >= 0.3 is 0 Å². The summed E-state index contributed by atoms with van der Waals surface area (Å²) in [7, 11) is -3.47. The molecule has 1 aromatic carbocycles. The van der Waals surface area contributed by atoms with Gasteiger partial charge in [-0.05, 0) is 19.1 Å². The van der Waals surface area contributed by atoms with E-state index in [9.17, 15) is 8.42 Å². The number of nitrogens with one attached hydrogen (secondary N) is 1. The molecule has 2 aliphatic heterocycles. The van der Waals surface area contributed by atoms with Gasteiger partial charge in [0.2, 0.25) is 10.0 Å². The zero-order chi connectivity index (χ0) is 14.2. The van der Waals surface area contributed by atoms with Crippen LogP contribution in [0.1, 0.15) is 6.92 Å². The van der Waals surface area contributed by atoms with Crippen LogP contribution < -0.4 is 14.8 Å². The molecule has 0 spiro atoms. The molecule has 20 heavy (non-hydrogen) atoms. The summed E-state index contributed by atoms with van der Waals surface area (Å²) >= 11 is 0. The van der Waals surface area contributed by atoms with Gasteiger partial charge in [-0.1, -0.05) is 0 Å². The van der Waals surface area contributed by atoms with E-state index in [1.807, 2.05) is 6.92 Å². The maximum absolute atomic E-state index is 12.6. The molecule has 2 heterocycles. The van der Waals surface area contributed by atoms with E-state index in [0.29, 0.717) is 44.3 Å². The number of piperazine rings is 1. The first kappa shape index (κ1) is 13.7. The van der Waals surface area contributed by atoms with Crippen LogP contribution in [0.25, 0.3) is 0 Å². The fourth-order valence-electron chi connectivity index (χ4n) is 2.45. The Bertz CT molecular complexity index is 602. The normalized spacial score (nSPS) is 23.6. The second-order valence-corrected chi connectivity index (χ2v) is 6.96. The maximum Gasteiger partial charge on any atom is 0.243 e. The molecule has 1 unspecified atom stereocenters. The molecule has 1 saturated heterocycles. The highest BCUT2D eigenvalue weighted by molar-refractivity contribution is 7.89. The van der Waals surface area contributed by atoms with Crippen LogP contribution in [0.15, 0.2) is 23.1 Å². The van der Waals surface area contributed by atoms with E-state index in [-0.39, 0.29) is 10.9 Å². The molecule has 0 aliphatic carbocycles. The summed E-state index contributed by atoms with van der Waals surface area (Å²) in [5.74, 6) is 1.10. The van der Waals surface area contributed by atoms with Gasteiger partial charge in [-0.15, -0.1) is 0 Å². The number of nitrogens with zero attached hydrogens (tertiary/aromatic N) is 1. The Morgan fingerprint density at radius 2 is 2.00 bits per heavy atom. The number of ether oxygens (including phenoxy) is 2. The molecule has 1 atom stereocenters. The molecule has 0 saturated carbocycles. The van der Waals surface area contributed by atoms with E-state index in [0.717, 1.165) is 0 Å². The Hall–Kier alpha value is -1.31. The molecule has 7 heteroatoms. The molecular weight excluding hydrogens is 280 g/mol. The Morgan fingerprint density at radius 1 is 1.25 bits per heavy atom. The average Bonchev–Trinajstić information content (AvgIpc) is 2.46. The molecular formula is C13H18N2O4S. The van der Waals surface area contributed by atoms with Gasteiger partial charge in [-0.2, -0.15) is 4.31 Å². The van der Waals surface area contributed by atoms with Crippen molar-refractivity contribution in [1.82, 2.24) is 9.62 Å². The molecule has 3 rings (SSSR count). The van der Waals surface area contributed by atoms with Gasteiger partial charge < -0.3 is 14.8 Å². The molecule has 2 aliphatic rings. The van der Waals surface area contributed by atoms with E-state index in [1.165, 1.54) is 4.31 Å². The van der Waals surface area contributed by atoms with Crippen molar-refractivity contribution in [2.45, 2.75) is 17.9 Å². The lowest BCUT2D eigenvalue weighted by Gasteiger charge is -2.31. The summed E-state index contributed by atoms with van der Waals surface area (Å²) in [5, 5.41) is 3.23. The van der Waals surface area contributed by atoms with E-state index in [1.54, 1.807) is 18.2 Å². The van der Waals surface area contributed by atoms with Crippen molar-refractivity contribution in [3.8, 4) is 11.5 Å². The monoisotopic (exact) mass is 298 g/mol. The van der Waals surface area contributed by atoms with Crippen molar-refractivity contribution < 1.29 is 17.9 Å². The van der Waals surface area contributed by atoms with Gasteiger partial charge in [0.15, 0.2) is 11.5 Å². The average molecular weight is 298 g/mol. The fraction of sp³-hybridized carbons (Fsp3) is 0.538. The Kier molecular flexibility index (Phi) is 3.57. The van der Waals surface area contributed by atoms with E-state index in [4.69, 9.17) is 9.47 Å². The summed E-state index contributed by atoms with van der Waals surface area (Å²) in [6, 6.07) is 4.95. The minimum absolute atomic E-state index is 0.163. The van der Waals surface area contributed by atoms with E-state index < -0.39 is 10.0 Å². The maximum atomic E-state index is 12.6. The van der Waals surface area contributed by atoms with Crippen LogP contribution in [0.5, 0.6) is 11.5 Å². The van der Waals surface area contributed by atoms with Gasteiger partial charge in [0.1, 0.15) is 13.2 Å². The highest BCUT2D eigenvalue weighted by Gasteiger charge is 2.29. The van der Waals surface area contributed by atoms with Gasteiger partial charge in [0.25, 0.3) is 0 Å². The van der Waals surface area contributed by atoms with Crippen molar-refractivity contribution in [1.29, 1.82) is 0 Å². The zero-order valence-electron chi connectivity index (χ0n) is 11.3. The largest absolute Gasteiger partial charge is 0.486 e. The van der Waals surface area contributed by atoms with Gasteiger partial charge in [-0.3, -0.25) is 0 Å². The second kappa shape index (κ2) is 5.23. The van der Waals surface area contributed by atoms with Crippen molar-refractivity contribution in [3.63, 3.8) is 0 Å². The van der Waals surface area contributed by atoms with Crippen LogP contribution in [0.2, 0.25) is 0 Å². The summed E-state index contributed by atoms with van der Waals surface area (Å²) < 4.78 is 37.6. The second-order valence-electron chi connectivity index (χ2n) is 5.02. The number of rotatable bonds is 2. The highest BCUT2D eigenvalue weighted by Crippen LogP contribution is 2.33. The molecule has 0 radical (unpaired) electrons. The number of benzene rings is 1. The van der Waals surface area contributed by atoms with Gasteiger partial charge in [-0.25, -0.2) is 8.42 Å². The highest BCUT2D eigenvalue weighted by atomic mass is 32.2. The van der Waals surface area contributed by atoms with Crippen LogP contribution in [0.3, 0.4) is 0 Å². The first-order chi connectivity index (χ1) is 9.57. The molecule has 0 aromatic heterocycles. The van der Waals surface area contributed by atoms with E-state index in [2.05, 4.69) is 5.32 Å². The summed E-state index contributed by atoms with van der Waals surface area (Å²) in [6.07, 6.45) is 0. The van der Waals surface area contributed by atoms with Crippen molar-refractivity contribution in [2.24, 2.45) is 0 Å². The Labute approximate surface area is 118 Å². The summed E-state index contributed by atoms with van der Waals surface area (Å²) in [6.45, 7) is 4.56. The summed E-state index contributed by atoms with van der Waals surface area (Å²) in [4.78, 5) is 0.260. The molecule has 0 amide bonds. The SMILES string of the molecule is CC1CN(S(=O)(=O)c2ccc3c(c2)OCCO3)CCN1. The third kappa shape index (κ3) is 2.48. The van der Waals surface area contributed by atoms with Gasteiger partial charge in [0, 0.05) is 31.7 Å².